The first-order valence-electron chi connectivity index (χ1n) is 7.23. The number of nitrogens with zero attached hydrogens (tertiary/aromatic N) is 3. The van der Waals surface area contributed by atoms with Crippen LogP contribution in [0.1, 0.15) is 19.8 Å². The Bertz CT molecular complexity index is 420. The van der Waals surface area contributed by atoms with Gasteiger partial charge < -0.3 is 10.0 Å². The normalized spacial score (nSPS) is 34.4. The molecule has 0 aliphatic carbocycles. The molecule has 0 radical (unpaired) electrons. The van der Waals surface area contributed by atoms with Crippen LogP contribution < -0.4 is 0 Å². The lowest BCUT2D eigenvalue weighted by Gasteiger charge is -2.40. The summed E-state index contributed by atoms with van der Waals surface area (Å²) >= 11 is 1.54. The number of hydrogen-bond acceptors (Lipinski definition) is 4. The molecule has 1 N–H and O–H groups in total. The highest BCUT2D eigenvalue weighted by atomic mass is 32.2. The molecule has 6 nitrogen and oxygen atoms in total. The minimum Gasteiger partial charge on any atom is -0.480 e. The summed E-state index contributed by atoms with van der Waals surface area (Å²) in [6, 6.07) is -0.299. The number of amides is 2. The van der Waals surface area contributed by atoms with Gasteiger partial charge in [0.15, 0.2) is 0 Å². The summed E-state index contributed by atoms with van der Waals surface area (Å²) in [6.45, 7) is 5.44. The average molecular weight is 299 g/mol. The topological polar surface area (TPSA) is 64.1 Å². The standard InChI is InChI=1S/C13H21N3O3S/c1-9-16(11(8-20-9)12(17)18)13(19)15-6-5-14-4-2-3-10(14)7-15/h9-11H,2-8H2,1H3,(H,17,18). The largest absolute Gasteiger partial charge is 0.480 e. The number of fused-ring (bicyclic) bond motifs is 1. The minimum atomic E-state index is -0.894. The molecule has 0 aromatic heterocycles. The van der Waals surface area contributed by atoms with Gasteiger partial charge in [0.2, 0.25) is 0 Å². The molecule has 3 rings (SSSR count). The number of aliphatic carboxylic acids is 1. The van der Waals surface area contributed by atoms with Crippen molar-refractivity contribution in [2.45, 2.75) is 37.2 Å². The maximum atomic E-state index is 12.7. The van der Waals surface area contributed by atoms with Crippen molar-refractivity contribution < 1.29 is 14.7 Å². The van der Waals surface area contributed by atoms with Crippen LogP contribution in [0.5, 0.6) is 0 Å². The molecule has 3 saturated heterocycles. The molecule has 0 bridgehead atoms. The van der Waals surface area contributed by atoms with Crippen LogP contribution in [0.3, 0.4) is 0 Å². The van der Waals surface area contributed by atoms with E-state index in [4.69, 9.17) is 0 Å². The van der Waals surface area contributed by atoms with Crippen LogP contribution in [0.2, 0.25) is 0 Å². The number of hydrogen-bond donors (Lipinski definition) is 1. The van der Waals surface area contributed by atoms with E-state index >= 15 is 0 Å². The molecule has 112 valence electrons. The van der Waals surface area contributed by atoms with Gasteiger partial charge in [0.25, 0.3) is 0 Å². The van der Waals surface area contributed by atoms with Gasteiger partial charge in [-0.25, -0.2) is 9.59 Å². The van der Waals surface area contributed by atoms with E-state index in [1.807, 2.05) is 11.8 Å². The van der Waals surface area contributed by atoms with Crippen LogP contribution in [0.4, 0.5) is 4.79 Å². The predicted octanol–water partition coefficient (Wildman–Crippen LogP) is 0.734. The lowest BCUT2D eigenvalue weighted by molar-refractivity contribution is -0.141. The number of carboxylic acid groups (broad SMARTS) is 1. The fraction of sp³-hybridized carbons (Fsp3) is 0.846. The Morgan fingerprint density at radius 3 is 2.80 bits per heavy atom. The molecule has 3 heterocycles. The molecule has 3 aliphatic rings. The fourth-order valence-electron chi connectivity index (χ4n) is 3.45. The summed E-state index contributed by atoms with van der Waals surface area (Å²) < 4.78 is 0. The van der Waals surface area contributed by atoms with Crippen molar-refractivity contribution in [1.29, 1.82) is 0 Å². The van der Waals surface area contributed by atoms with Crippen LogP contribution in [0.15, 0.2) is 0 Å². The quantitative estimate of drug-likeness (QED) is 0.773. The first-order chi connectivity index (χ1) is 9.58. The van der Waals surface area contributed by atoms with Crippen molar-refractivity contribution >= 4 is 23.8 Å². The third kappa shape index (κ3) is 2.37. The molecule has 7 heteroatoms. The van der Waals surface area contributed by atoms with E-state index in [-0.39, 0.29) is 11.4 Å². The van der Waals surface area contributed by atoms with Gasteiger partial charge in [0, 0.05) is 31.4 Å². The lowest BCUT2D eigenvalue weighted by Crippen LogP contribution is -2.58. The molecule has 3 unspecified atom stereocenters. The molecule has 2 amide bonds. The smallest absolute Gasteiger partial charge is 0.327 e. The van der Waals surface area contributed by atoms with Crippen LogP contribution in [-0.2, 0) is 4.79 Å². The summed E-state index contributed by atoms with van der Waals surface area (Å²) in [7, 11) is 0. The maximum absolute atomic E-state index is 12.7. The molecule has 0 aromatic carbocycles. The zero-order chi connectivity index (χ0) is 14.3. The Morgan fingerprint density at radius 2 is 2.05 bits per heavy atom. The Kier molecular flexibility index (Phi) is 3.81. The number of carbonyl (C=O) groups excluding carboxylic acids is 1. The fourth-order valence-corrected chi connectivity index (χ4v) is 4.61. The van der Waals surface area contributed by atoms with Gasteiger partial charge >= 0.3 is 12.0 Å². The van der Waals surface area contributed by atoms with E-state index in [1.165, 1.54) is 6.42 Å². The van der Waals surface area contributed by atoms with E-state index in [0.29, 0.717) is 11.8 Å². The first kappa shape index (κ1) is 14.0. The van der Waals surface area contributed by atoms with E-state index < -0.39 is 12.0 Å². The van der Waals surface area contributed by atoms with Gasteiger partial charge in [-0.15, -0.1) is 11.8 Å². The number of urea groups is 1. The number of carbonyl (C=O) groups is 2. The molecular formula is C13H21N3O3S. The van der Waals surface area contributed by atoms with Crippen molar-refractivity contribution in [2.75, 3.05) is 31.9 Å². The van der Waals surface area contributed by atoms with E-state index in [2.05, 4.69) is 4.90 Å². The number of thioether (sulfide) groups is 1. The van der Waals surface area contributed by atoms with Crippen molar-refractivity contribution in [3.63, 3.8) is 0 Å². The molecule has 3 fully saturated rings. The molecule has 0 aromatic rings. The van der Waals surface area contributed by atoms with Crippen LogP contribution in [0, 0.1) is 0 Å². The molecule has 0 spiro atoms. The van der Waals surface area contributed by atoms with E-state index in [9.17, 15) is 14.7 Å². The van der Waals surface area contributed by atoms with Gasteiger partial charge in [-0.05, 0) is 26.3 Å². The van der Waals surface area contributed by atoms with E-state index in [1.54, 1.807) is 16.7 Å². The summed E-state index contributed by atoms with van der Waals surface area (Å²) in [5.41, 5.74) is 0. The average Bonchev–Trinajstić information content (AvgIpc) is 3.03. The van der Waals surface area contributed by atoms with Crippen LogP contribution in [0.25, 0.3) is 0 Å². The van der Waals surface area contributed by atoms with Crippen molar-refractivity contribution in [3.05, 3.63) is 0 Å². The zero-order valence-electron chi connectivity index (χ0n) is 11.7. The van der Waals surface area contributed by atoms with Crippen molar-refractivity contribution in [3.8, 4) is 0 Å². The van der Waals surface area contributed by atoms with Gasteiger partial charge in [-0.1, -0.05) is 0 Å². The third-order valence-corrected chi connectivity index (χ3v) is 5.80. The predicted molar refractivity (Wildman–Crippen MR) is 76.7 cm³/mol. The van der Waals surface area contributed by atoms with Crippen molar-refractivity contribution in [1.82, 2.24) is 14.7 Å². The van der Waals surface area contributed by atoms with Gasteiger partial charge in [-0.2, -0.15) is 0 Å². The van der Waals surface area contributed by atoms with Gasteiger partial charge in [0.1, 0.15) is 6.04 Å². The number of carboxylic acids is 1. The van der Waals surface area contributed by atoms with E-state index in [0.717, 1.165) is 32.6 Å². The van der Waals surface area contributed by atoms with Crippen LogP contribution >= 0.6 is 11.8 Å². The zero-order valence-corrected chi connectivity index (χ0v) is 12.5. The lowest BCUT2D eigenvalue weighted by atomic mass is 10.1. The molecule has 3 aliphatic heterocycles. The SMILES string of the molecule is CC1SCC(C(=O)O)N1C(=O)N1CCN2CCCC2C1. The third-order valence-electron chi connectivity index (χ3n) is 4.59. The second-order valence-corrected chi connectivity index (χ2v) is 7.10. The highest BCUT2D eigenvalue weighted by Crippen LogP contribution is 2.31. The second-order valence-electron chi connectivity index (χ2n) is 5.75. The summed E-state index contributed by atoms with van der Waals surface area (Å²) in [4.78, 5) is 29.8. The monoisotopic (exact) mass is 299 g/mol. The summed E-state index contributed by atoms with van der Waals surface area (Å²) in [6.07, 6.45) is 2.36. The molecule has 0 saturated carbocycles. The van der Waals surface area contributed by atoms with Crippen LogP contribution in [-0.4, -0.2) is 81.2 Å². The summed E-state index contributed by atoms with van der Waals surface area (Å²) in [5, 5.41) is 9.21. The maximum Gasteiger partial charge on any atom is 0.327 e. The molecule has 20 heavy (non-hydrogen) atoms. The minimum absolute atomic E-state index is 0.0507. The Labute approximate surface area is 123 Å². The first-order valence-corrected chi connectivity index (χ1v) is 8.28. The molecule has 3 atom stereocenters. The Balaban J connectivity index is 1.70. The van der Waals surface area contributed by atoms with Gasteiger partial charge in [-0.3, -0.25) is 9.80 Å². The highest BCUT2D eigenvalue weighted by Gasteiger charge is 2.43. The number of rotatable bonds is 1. The van der Waals surface area contributed by atoms with Gasteiger partial charge in [0.05, 0.1) is 5.37 Å². The Morgan fingerprint density at radius 1 is 1.25 bits per heavy atom. The summed E-state index contributed by atoms with van der Waals surface area (Å²) in [5.74, 6) is -0.402. The second kappa shape index (κ2) is 5.44. The Hall–Kier alpha value is -0.950. The highest BCUT2D eigenvalue weighted by molar-refractivity contribution is 8.00. The number of piperazine rings is 1. The van der Waals surface area contributed by atoms with Crippen molar-refractivity contribution in [2.24, 2.45) is 0 Å². The molecular weight excluding hydrogens is 278 g/mol.